The Balaban J connectivity index is 3.29. The summed E-state index contributed by atoms with van der Waals surface area (Å²) in [5.74, 6) is -0.00611. The number of nitrogens with two attached hydrogens (primary N) is 1. The van der Waals surface area contributed by atoms with Gasteiger partial charge in [-0.2, -0.15) is 9.97 Å². The van der Waals surface area contributed by atoms with Crippen LogP contribution in [0.25, 0.3) is 0 Å². The molecule has 0 radical (unpaired) electrons. The highest BCUT2D eigenvalue weighted by Crippen LogP contribution is 2.32. The lowest BCUT2D eigenvalue weighted by atomic mass is 10.3. The van der Waals surface area contributed by atoms with Crippen LogP contribution in [0.1, 0.15) is 26.7 Å². The minimum Gasteiger partial charge on any atom is -0.378 e. The van der Waals surface area contributed by atoms with Crippen molar-refractivity contribution in [2.45, 2.75) is 26.7 Å². The van der Waals surface area contributed by atoms with Gasteiger partial charge in [0.1, 0.15) is 0 Å². The van der Waals surface area contributed by atoms with Crippen LogP contribution in [0.3, 0.4) is 0 Å². The van der Waals surface area contributed by atoms with E-state index < -0.39 is 4.92 Å². The first-order chi connectivity index (χ1) is 8.51. The van der Waals surface area contributed by atoms with Crippen molar-refractivity contribution in [3.05, 3.63) is 15.4 Å². The number of aromatic nitrogens is 2. The van der Waals surface area contributed by atoms with E-state index in [1.54, 1.807) is 0 Å². The van der Waals surface area contributed by atoms with Crippen molar-refractivity contribution in [3.8, 4) is 0 Å². The quantitative estimate of drug-likeness (QED) is 0.485. The lowest BCUT2D eigenvalue weighted by Gasteiger charge is -2.22. The van der Waals surface area contributed by atoms with E-state index in [2.05, 4.69) is 9.97 Å². The fourth-order valence-electron chi connectivity index (χ4n) is 1.69. The van der Waals surface area contributed by atoms with E-state index in [9.17, 15) is 10.1 Å². The summed E-state index contributed by atoms with van der Waals surface area (Å²) in [4.78, 5) is 19.9. The van der Waals surface area contributed by atoms with Crippen molar-refractivity contribution in [2.75, 3.05) is 23.7 Å². The molecule has 1 aromatic heterocycles. The number of rotatable bonds is 6. The molecule has 0 aliphatic carbocycles. The van der Waals surface area contributed by atoms with Crippen molar-refractivity contribution < 1.29 is 4.92 Å². The molecule has 100 valence electrons. The average Bonchev–Trinajstić information content (AvgIpc) is 2.26. The number of nitrogens with zero attached hydrogens (tertiary/aromatic N) is 4. The molecule has 0 saturated heterocycles. The van der Waals surface area contributed by atoms with Gasteiger partial charge in [-0.25, -0.2) is 0 Å². The van der Waals surface area contributed by atoms with Crippen molar-refractivity contribution in [1.82, 2.24) is 9.97 Å². The molecule has 0 aliphatic rings. The third-order valence-corrected chi connectivity index (χ3v) is 2.50. The molecule has 0 fully saturated rings. The summed E-state index contributed by atoms with van der Waals surface area (Å²) < 4.78 is 0. The first kappa shape index (κ1) is 14.4. The van der Waals surface area contributed by atoms with Crippen LogP contribution in [0.5, 0.6) is 0 Å². The fraction of sp³-hybridized carbons (Fsp3) is 0.600. The van der Waals surface area contributed by atoms with Crippen LogP contribution in [0.4, 0.5) is 17.3 Å². The summed E-state index contributed by atoms with van der Waals surface area (Å²) >= 11 is 5.72. The van der Waals surface area contributed by atoms with Crippen LogP contribution >= 0.6 is 11.6 Å². The van der Waals surface area contributed by atoms with Gasteiger partial charge in [0.05, 0.1) is 4.92 Å². The number of anilines is 2. The second-order valence-corrected chi connectivity index (χ2v) is 4.13. The molecule has 0 amide bonds. The monoisotopic (exact) mass is 273 g/mol. The summed E-state index contributed by atoms with van der Waals surface area (Å²) in [7, 11) is 0. The third-order valence-electron chi connectivity index (χ3n) is 2.33. The molecule has 7 nitrogen and oxygen atoms in total. The zero-order valence-electron chi connectivity index (χ0n) is 10.4. The molecule has 1 rings (SSSR count). The molecule has 8 heteroatoms. The fourth-order valence-corrected chi connectivity index (χ4v) is 1.86. The molecule has 0 spiro atoms. The highest BCUT2D eigenvalue weighted by molar-refractivity contribution is 6.28. The number of nitro groups is 1. The van der Waals surface area contributed by atoms with Gasteiger partial charge in [-0.15, -0.1) is 0 Å². The third kappa shape index (κ3) is 3.19. The normalized spacial score (nSPS) is 10.4. The molecule has 0 unspecified atom stereocenters. The predicted molar refractivity (Wildman–Crippen MR) is 70.9 cm³/mol. The standard InChI is InChI=1S/C10H16ClN5O2/c1-3-5-15(6-4-2)9-7(16(17)18)8(12)13-10(11)14-9/h3-6H2,1-2H3,(H2,12,13,14). The lowest BCUT2D eigenvalue weighted by Crippen LogP contribution is -2.27. The van der Waals surface area contributed by atoms with Crippen LogP contribution in [-0.4, -0.2) is 28.0 Å². The summed E-state index contributed by atoms with van der Waals surface area (Å²) in [5.41, 5.74) is 5.27. The Morgan fingerprint density at radius 2 is 1.89 bits per heavy atom. The molecule has 0 atom stereocenters. The lowest BCUT2D eigenvalue weighted by molar-refractivity contribution is -0.383. The first-order valence-electron chi connectivity index (χ1n) is 5.73. The second kappa shape index (κ2) is 6.34. The second-order valence-electron chi connectivity index (χ2n) is 3.79. The SMILES string of the molecule is CCCN(CCC)c1nc(Cl)nc(N)c1[N+](=O)[O-]. The van der Waals surface area contributed by atoms with E-state index >= 15 is 0 Å². The van der Waals surface area contributed by atoms with Crippen LogP contribution in [-0.2, 0) is 0 Å². The minimum atomic E-state index is -0.570. The van der Waals surface area contributed by atoms with Crippen molar-refractivity contribution in [2.24, 2.45) is 0 Å². The highest BCUT2D eigenvalue weighted by Gasteiger charge is 2.26. The maximum absolute atomic E-state index is 11.0. The van der Waals surface area contributed by atoms with E-state index in [4.69, 9.17) is 17.3 Å². The van der Waals surface area contributed by atoms with E-state index in [0.717, 1.165) is 12.8 Å². The molecular weight excluding hydrogens is 258 g/mol. The summed E-state index contributed by atoms with van der Waals surface area (Å²) in [6.07, 6.45) is 1.69. The Morgan fingerprint density at radius 1 is 1.33 bits per heavy atom. The number of nitrogen functional groups attached to an aromatic ring is 1. The molecule has 0 aromatic carbocycles. The number of hydrogen-bond donors (Lipinski definition) is 1. The molecule has 1 aromatic rings. The summed E-state index contributed by atoms with van der Waals surface area (Å²) in [6, 6.07) is 0. The van der Waals surface area contributed by atoms with Crippen molar-refractivity contribution in [1.29, 1.82) is 0 Å². The van der Waals surface area contributed by atoms with Gasteiger partial charge in [0.25, 0.3) is 0 Å². The predicted octanol–water partition coefficient (Wildman–Crippen LogP) is 2.25. The number of halogens is 1. The van der Waals surface area contributed by atoms with Gasteiger partial charge in [0.15, 0.2) is 0 Å². The molecule has 1 heterocycles. The maximum atomic E-state index is 11.0. The van der Waals surface area contributed by atoms with Crippen LogP contribution in [0, 0.1) is 10.1 Å². The largest absolute Gasteiger partial charge is 0.378 e. The van der Waals surface area contributed by atoms with Crippen LogP contribution in [0.15, 0.2) is 0 Å². The Kier molecular flexibility index (Phi) is 5.08. The first-order valence-corrected chi connectivity index (χ1v) is 6.11. The van der Waals surface area contributed by atoms with Gasteiger partial charge in [-0.05, 0) is 24.4 Å². The Bertz CT molecular complexity index is 435. The van der Waals surface area contributed by atoms with Gasteiger partial charge in [-0.1, -0.05) is 13.8 Å². The Labute approximate surface area is 110 Å². The zero-order valence-corrected chi connectivity index (χ0v) is 11.1. The van der Waals surface area contributed by atoms with E-state index in [1.165, 1.54) is 0 Å². The smallest absolute Gasteiger partial charge is 0.353 e. The van der Waals surface area contributed by atoms with E-state index in [0.29, 0.717) is 13.1 Å². The topological polar surface area (TPSA) is 98.2 Å². The minimum absolute atomic E-state index is 0.0784. The van der Waals surface area contributed by atoms with Gasteiger partial charge < -0.3 is 10.6 Å². The maximum Gasteiger partial charge on any atom is 0.353 e. The molecular formula is C10H16ClN5O2. The van der Waals surface area contributed by atoms with Crippen LogP contribution in [0.2, 0.25) is 5.28 Å². The van der Waals surface area contributed by atoms with Gasteiger partial charge >= 0.3 is 5.69 Å². The molecule has 0 aliphatic heterocycles. The van der Waals surface area contributed by atoms with Gasteiger partial charge in [0, 0.05) is 13.1 Å². The summed E-state index contributed by atoms with van der Waals surface area (Å²) in [5, 5.41) is 11.0. The van der Waals surface area contributed by atoms with Crippen LogP contribution < -0.4 is 10.6 Å². The Morgan fingerprint density at radius 3 is 2.33 bits per heavy atom. The molecule has 0 bridgehead atoms. The number of hydrogen-bond acceptors (Lipinski definition) is 6. The van der Waals surface area contributed by atoms with Crippen molar-refractivity contribution in [3.63, 3.8) is 0 Å². The van der Waals surface area contributed by atoms with E-state index in [-0.39, 0.29) is 22.6 Å². The van der Waals surface area contributed by atoms with Gasteiger partial charge in [-0.3, -0.25) is 10.1 Å². The average molecular weight is 274 g/mol. The summed E-state index contributed by atoms with van der Waals surface area (Å²) in [6.45, 7) is 5.28. The van der Waals surface area contributed by atoms with E-state index in [1.807, 2.05) is 18.7 Å². The molecule has 2 N–H and O–H groups in total. The van der Waals surface area contributed by atoms with Crippen molar-refractivity contribution >= 4 is 28.9 Å². The zero-order chi connectivity index (χ0) is 13.7. The highest BCUT2D eigenvalue weighted by atomic mass is 35.5. The molecule has 0 saturated carbocycles. The molecule has 18 heavy (non-hydrogen) atoms. The van der Waals surface area contributed by atoms with Gasteiger partial charge in [0.2, 0.25) is 16.9 Å². The Hall–Kier alpha value is -1.63.